The van der Waals surface area contributed by atoms with Gasteiger partial charge in [-0.25, -0.2) is 0 Å². The SMILES string of the molecule is CC(C)(Cc1ccc(-c2ccc(NC(=O)C3(c4cccc(Cl)c4)CC3)cc2-c2nnnn2COCC[Si](C)(C)C)cn1)O[Si](C)(C)C. The van der Waals surface area contributed by atoms with E-state index in [0.717, 1.165) is 46.8 Å². The van der Waals surface area contributed by atoms with Crippen molar-refractivity contribution in [2.45, 2.75) is 96.2 Å². The summed E-state index contributed by atoms with van der Waals surface area (Å²) in [6, 6.07) is 18.6. The summed E-state index contributed by atoms with van der Waals surface area (Å²) >= 11 is 6.27. The normalized spacial score (nSPS) is 14.7. The highest BCUT2D eigenvalue weighted by Crippen LogP contribution is 2.49. The molecule has 1 amide bonds. The molecule has 1 saturated carbocycles. The lowest BCUT2D eigenvalue weighted by Crippen LogP contribution is -2.40. The summed E-state index contributed by atoms with van der Waals surface area (Å²) in [6.45, 7) is 18.7. The van der Waals surface area contributed by atoms with Crippen LogP contribution in [0.5, 0.6) is 0 Å². The number of amides is 1. The topological polar surface area (TPSA) is 104 Å². The zero-order chi connectivity index (χ0) is 34.0. The summed E-state index contributed by atoms with van der Waals surface area (Å²) in [5, 5.41) is 16.5. The molecule has 47 heavy (non-hydrogen) atoms. The first-order valence-electron chi connectivity index (χ1n) is 16.3. The van der Waals surface area contributed by atoms with E-state index in [2.05, 4.69) is 86.1 Å². The van der Waals surface area contributed by atoms with Gasteiger partial charge in [0.05, 0.1) is 11.0 Å². The number of pyridine rings is 1. The van der Waals surface area contributed by atoms with Crippen molar-refractivity contribution < 1.29 is 14.0 Å². The predicted molar refractivity (Wildman–Crippen MR) is 194 cm³/mol. The number of anilines is 1. The smallest absolute Gasteiger partial charge is 0.235 e. The van der Waals surface area contributed by atoms with E-state index in [9.17, 15) is 4.79 Å². The summed E-state index contributed by atoms with van der Waals surface area (Å²) in [4.78, 5) is 18.5. The van der Waals surface area contributed by atoms with Gasteiger partial charge in [0.25, 0.3) is 0 Å². The summed E-state index contributed by atoms with van der Waals surface area (Å²) in [5.74, 6) is 0.496. The van der Waals surface area contributed by atoms with Crippen molar-refractivity contribution in [3.63, 3.8) is 0 Å². The largest absolute Gasteiger partial charge is 0.412 e. The molecule has 2 heterocycles. The van der Waals surface area contributed by atoms with E-state index in [1.165, 1.54) is 0 Å². The van der Waals surface area contributed by atoms with Gasteiger partial charge in [-0.3, -0.25) is 9.78 Å². The third kappa shape index (κ3) is 9.23. The molecule has 250 valence electrons. The van der Waals surface area contributed by atoms with Crippen LogP contribution in [0.1, 0.15) is 37.9 Å². The molecule has 1 aliphatic carbocycles. The number of carbonyl (C=O) groups is 1. The van der Waals surface area contributed by atoms with Crippen LogP contribution in [0.15, 0.2) is 60.8 Å². The number of ether oxygens (including phenoxy) is 1. The lowest BCUT2D eigenvalue weighted by atomic mass is 9.94. The fourth-order valence-corrected chi connectivity index (χ4v) is 8.55. The van der Waals surface area contributed by atoms with Crippen LogP contribution in [0.25, 0.3) is 22.5 Å². The number of nitrogens with zero attached hydrogens (tertiary/aromatic N) is 5. The minimum absolute atomic E-state index is 0.0538. The van der Waals surface area contributed by atoms with Crippen LogP contribution >= 0.6 is 11.6 Å². The maximum atomic E-state index is 13.7. The Morgan fingerprint density at radius 1 is 1.02 bits per heavy atom. The molecule has 0 radical (unpaired) electrons. The van der Waals surface area contributed by atoms with Gasteiger partial charge in [-0.1, -0.05) is 55.5 Å². The highest BCUT2D eigenvalue weighted by atomic mass is 35.5. The van der Waals surface area contributed by atoms with E-state index >= 15 is 0 Å². The van der Waals surface area contributed by atoms with Crippen molar-refractivity contribution in [3.05, 3.63) is 77.1 Å². The number of tetrazole rings is 1. The summed E-state index contributed by atoms with van der Waals surface area (Å²) in [5.41, 5.74) is 4.24. The molecule has 0 bridgehead atoms. The third-order valence-electron chi connectivity index (χ3n) is 8.15. The van der Waals surface area contributed by atoms with Gasteiger partial charge < -0.3 is 14.5 Å². The quantitative estimate of drug-likeness (QED) is 0.105. The number of aromatic nitrogens is 5. The Balaban J connectivity index is 1.44. The molecular formula is C35H47ClN6O3Si2. The molecule has 9 nitrogen and oxygen atoms in total. The Labute approximate surface area is 285 Å². The van der Waals surface area contributed by atoms with Crippen LogP contribution in [0, 0.1) is 0 Å². The summed E-state index contributed by atoms with van der Waals surface area (Å²) in [6.07, 6.45) is 4.13. The molecule has 5 rings (SSSR count). The van der Waals surface area contributed by atoms with Crippen LogP contribution < -0.4 is 5.32 Å². The van der Waals surface area contributed by atoms with E-state index in [4.69, 9.17) is 25.7 Å². The van der Waals surface area contributed by atoms with Crippen LogP contribution in [0.4, 0.5) is 5.69 Å². The van der Waals surface area contributed by atoms with E-state index < -0.39 is 21.8 Å². The summed E-state index contributed by atoms with van der Waals surface area (Å²) in [7, 11) is -2.97. The van der Waals surface area contributed by atoms with Crippen LogP contribution in [-0.4, -0.2) is 59.7 Å². The van der Waals surface area contributed by atoms with Gasteiger partial charge in [0.2, 0.25) is 5.91 Å². The Morgan fingerprint density at radius 3 is 2.43 bits per heavy atom. The zero-order valence-corrected chi connectivity index (χ0v) is 31.6. The second-order valence-electron chi connectivity index (χ2n) is 15.3. The molecule has 4 aromatic rings. The predicted octanol–water partition coefficient (Wildman–Crippen LogP) is 8.21. The van der Waals surface area contributed by atoms with Gasteiger partial charge in [-0.15, -0.1) is 5.10 Å². The fraction of sp³-hybridized carbons (Fsp3) is 0.457. The molecule has 2 aromatic heterocycles. The molecule has 0 spiro atoms. The second kappa shape index (κ2) is 13.7. The van der Waals surface area contributed by atoms with E-state index in [0.29, 0.717) is 29.6 Å². The maximum absolute atomic E-state index is 13.7. The van der Waals surface area contributed by atoms with Crippen molar-refractivity contribution in [3.8, 4) is 22.5 Å². The van der Waals surface area contributed by atoms with Gasteiger partial charge in [-0.2, -0.15) is 4.68 Å². The van der Waals surface area contributed by atoms with Crippen molar-refractivity contribution in [2.24, 2.45) is 0 Å². The number of rotatable bonds is 14. The van der Waals surface area contributed by atoms with Crippen molar-refractivity contribution in [1.29, 1.82) is 0 Å². The van der Waals surface area contributed by atoms with Crippen LogP contribution in [0.2, 0.25) is 50.3 Å². The van der Waals surface area contributed by atoms with Crippen molar-refractivity contribution >= 4 is 39.6 Å². The van der Waals surface area contributed by atoms with E-state index in [1.807, 2.05) is 48.7 Å². The minimum atomic E-state index is -1.72. The van der Waals surface area contributed by atoms with Gasteiger partial charge in [-0.05, 0) is 104 Å². The molecule has 2 aromatic carbocycles. The minimum Gasteiger partial charge on any atom is -0.412 e. The van der Waals surface area contributed by atoms with Gasteiger partial charge in [0, 0.05) is 54.8 Å². The number of nitrogens with one attached hydrogen (secondary N) is 1. The van der Waals surface area contributed by atoms with Gasteiger partial charge in [0.15, 0.2) is 14.1 Å². The van der Waals surface area contributed by atoms with Crippen LogP contribution in [0.3, 0.4) is 0 Å². The number of hydrogen-bond donors (Lipinski definition) is 1. The number of benzene rings is 2. The average molecular weight is 691 g/mol. The average Bonchev–Trinajstić information content (AvgIpc) is 3.66. The van der Waals surface area contributed by atoms with Crippen LogP contribution in [-0.2, 0) is 32.5 Å². The highest BCUT2D eigenvalue weighted by molar-refractivity contribution is 6.76. The lowest BCUT2D eigenvalue weighted by molar-refractivity contribution is -0.118. The fourth-order valence-electron chi connectivity index (χ4n) is 5.87. The van der Waals surface area contributed by atoms with Crippen molar-refractivity contribution in [2.75, 3.05) is 11.9 Å². The second-order valence-corrected chi connectivity index (χ2v) is 25.8. The first kappa shape index (κ1) is 35.1. The number of halogens is 1. The molecule has 0 atom stereocenters. The zero-order valence-electron chi connectivity index (χ0n) is 28.9. The Morgan fingerprint density at radius 2 is 1.79 bits per heavy atom. The number of carbonyl (C=O) groups excluding carboxylic acids is 1. The lowest BCUT2D eigenvalue weighted by Gasteiger charge is -2.32. The Bertz CT molecular complexity index is 1710. The van der Waals surface area contributed by atoms with E-state index in [1.54, 1.807) is 4.68 Å². The van der Waals surface area contributed by atoms with Crippen molar-refractivity contribution in [1.82, 2.24) is 25.2 Å². The molecule has 0 saturated heterocycles. The number of hydrogen-bond acceptors (Lipinski definition) is 7. The molecule has 1 fully saturated rings. The maximum Gasteiger partial charge on any atom is 0.235 e. The van der Waals surface area contributed by atoms with Gasteiger partial charge >= 0.3 is 0 Å². The standard InChI is InChI=1S/C35H47ClN6O3Si2/c1-34(2,45-47(6,7)8)22-29-13-12-25(23-37-29)30-15-14-28(38-33(43)35(16-17-35)26-10-9-11-27(36)20-26)21-31(30)32-39-40-41-42(32)24-44-18-19-46(3,4)5/h9-15,20-21,23H,16-19,22,24H2,1-8H3,(H,38,43). The molecule has 1 aliphatic rings. The molecular weight excluding hydrogens is 644 g/mol. The monoisotopic (exact) mass is 690 g/mol. The first-order valence-corrected chi connectivity index (χ1v) is 23.7. The van der Waals surface area contributed by atoms with E-state index in [-0.39, 0.29) is 18.2 Å². The highest BCUT2D eigenvalue weighted by Gasteiger charge is 2.51. The molecule has 0 unspecified atom stereocenters. The molecule has 1 N–H and O–H groups in total. The Kier molecular flexibility index (Phi) is 10.2. The van der Waals surface area contributed by atoms with Gasteiger partial charge in [0.1, 0.15) is 6.73 Å². The summed E-state index contributed by atoms with van der Waals surface area (Å²) < 4.78 is 14.1. The first-order chi connectivity index (χ1) is 22.0. The Hall–Kier alpha value is -3.23. The molecule has 0 aliphatic heterocycles. The third-order valence-corrected chi connectivity index (χ3v) is 11.3. The molecule has 12 heteroatoms.